The molecule has 0 spiro atoms. The van der Waals surface area contributed by atoms with Crippen LogP contribution in [0.2, 0.25) is 0 Å². The van der Waals surface area contributed by atoms with Crippen molar-refractivity contribution in [1.29, 1.82) is 0 Å². The minimum Gasteiger partial charge on any atom is -0.484 e. The lowest BCUT2D eigenvalue weighted by Crippen LogP contribution is -2.53. The van der Waals surface area contributed by atoms with Gasteiger partial charge in [0.1, 0.15) is 29.8 Å². The molecule has 2 aliphatic heterocycles. The summed E-state index contributed by atoms with van der Waals surface area (Å²) in [5, 5.41) is 0. The summed E-state index contributed by atoms with van der Waals surface area (Å²) in [4.78, 5) is 13.1. The molecule has 0 N–H and O–H groups in total. The van der Waals surface area contributed by atoms with Crippen LogP contribution in [0.1, 0.15) is 51.6 Å². The molecule has 0 aromatic heterocycles. The zero-order valence-corrected chi connectivity index (χ0v) is 27.3. The minimum atomic E-state index is -0.662. The molecule has 1 fully saturated rings. The first kappa shape index (κ1) is 32.7. The topological polar surface area (TPSA) is 72.5 Å². The Morgan fingerprint density at radius 2 is 1.24 bits per heavy atom. The fourth-order valence-electron chi connectivity index (χ4n) is 6.27. The Morgan fingerprint density at radius 3 is 1.90 bits per heavy atom. The summed E-state index contributed by atoms with van der Waals surface area (Å²) < 4.78 is 38.8. The summed E-state index contributed by atoms with van der Waals surface area (Å²) in [6.45, 7) is 1.53. The van der Waals surface area contributed by atoms with E-state index in [1.54, 1.807) is 18.2 Å². The monoisotopic (exact) mass is 656 g/mol. The van der Waals surface area contributed by atoms with Gasteiger partial charge in [-0.05, 0) is 34.4 Å². The SMILES string of the molecule is O=C1CC(c2ccccc2)Oc2cc(O[C@@H]3C[C@@H](OCc4ccccc4)[C@H](OCc4ccccc4)[C@@H](COCc4ccccc4)O3)ccc21. The molecule has 250 valence electrons. The van der Waals surface area contributed by atoms with E-state index in [1.807, 2.05) is 121 Å². The van der Waals surface area contributed by atoms with Gasteiger partial charge in [-0.2, -0.15) is 0 Å². The van der Waals surface area contributed by atoms with Crippen molar-refractivity contribution >= 4 is 5.78 Å². The Labute approximate surface area is 287 Å². The molecule has 2 aliphatic rings. The fraction of sp³-hybridized carbons (Fsp3) is 0.262. The lowest BCUT2D eigenvalue weighted by atomic mass is 9.96. The van der Waals surface area contributed by atoms with Gasteiger partial charge in [-0.15, -0.1) is 0 Å². The summed E-state index contributed by atoms with van der Waals surface area (Å²) in [5.74, 6) is 1.08. The van der Waals surface area contributed by atoms with Gasteiger partial charge >= 0.3 is 0 Å². The predicted molar refractivity (Wildman–Crippen MR) is 185 cm³/mol. The highest BCUT2D eigenvalue weighted by Gasteiger charge is 2.42. The van der Waals surface area contributed by atoms with Crippen molar-refractivity contribution in [2.24, 2.45) is 0 Å². The molecule has 5 aromatic rings. The molecule has 7 rings (SSSR count). The number of carbonyl (C=O) groups is 1. The molecule has 5 aromatic carbocycles. The van der Waals surface area contributed by atoms with E-state index < -0.39 is 18.5 Å². The van der Waals surface area contributed by atoms with Gasteiger partial charge in [0.05, 0.1) is 44.5 Å². The second kappa shape index (κ2) is 16.1. The maximum Gasteiger partial charge on any atom is 0.202 e. The van der Waals surface area contributed by atoms with E-state index >= 15 is 0 Å². The van der Waals surface area contributed by atoms with Crippen molar-refractivity contribution < 1.29 is 33.2 Å². The molecule has 1 unspecified atom stereocenters. The average molecular weight is 657 g/mol. The average Bonchev–Trinajstić information content (AvgIpc) is 3.15. The first-order valence-corrected chi connectivity index (χ1v) is 16.8. The Hall–Kier alpha value is -4.79. The van der Waals surface area contributed by atoms with E-state index in [0.717, 1.165) is 22.3 Å². The minimum absolute atomic E-state index is 0.0407. The number of hydrogen-bond donors (Lipinski definition) is 0. The van der Waals surface area contributed by atoms with Crippen LogP contribution in [0, 0.1) is 0 Å². The Morgan fingerprint density at radius 1 is 0.653 bits per heavy atom. The van der Waals surface area contributed by atoms with E-state index in [9.17, 15) is 4.79 Å². The molecule has 0 saturated carbocycles. The van der Waals surface area contributed by atoms with Crippen molar-refractivity contribution in [3.05, 3.63) is 167 Å². The number of ether oxygens (including phenoxy) is 6. The van der Waals surface area contributed by atoms with Crippen LogP contribution in [-0.4, -0.2) is 37.0 Å². The second-order valence-corrected chi connectivity index (χ2v) is 12.4. The zero-order valence-electron chi connectivity index (χ0n) is 27.3. The summed E-state index contributed by atoms with van der Waals surface area (Å²) in [6.07, 6.45) is -1.56. The number of rotatable bonds is 13. The third-order valence-corrected chi connectivity index (χ3v) is 8.80. The first-order valence-electron chi connectivity index (χ1n) is 16.8. The molecule has 5 atom stereocenters. The quantitative estimate of drug-likeness (QED) is 0.126. The number of carbonyl (C=O) groups excluding carboxylic acids is 1. The molecular formula is C42H40O7. The van der Waals surface area contributed by atoms with Crippen LogP contribution in [0.5, 0.6) is 11.5 Å². The van der Waals surface area contributed by atoms with Crippen LogP contribution in [0.4, 0.5) is 0 Å². The maximum absolute atomic E-state index is 13.1. The fourth-order valence-corrected chi connectivity index (χ4v) is 6.27. The largest absolute Gasteiger partial charge is 0.484 e. The number of ketones is 1. The standard InChI is InChI=1S/C42H40O7/c43-36-24-37(33-19-11-4-12-20-33)48-38-23-34(21-22-35(36)38)47-41-25-39(45-27-31-15-7-2-8-16-31)42(46-28-32-17-9-3-10-18-32)40(49-41)29-44-26-30-13-5-1-6-14-30/h1-23,37,39-42H,24-29H2/t37?,39-,40-,41+,42+/m1/s1. The van der Waals surface area contributed by atoms with Gasteiger partial charge in [0.2, 0.25) is 6.29 Å². The highest BCUT2D eigenvalue weighted by Crippen LogP contribution is 2.38. The van der Waals surface area contributed by atoms with E-state index in [1.165, 1.54) is 0 Å². The van der Waals surface area contributed by atoms with Crippen LogP contribution in [0.25, 0.3) is 0 Å². The summed E-state index contributed by atoms with van der Waals surface area (Å²) in [6, 6.07) is 45.4. The van der Waals surface area contributed by atoms with Gasteiger partial charge in [-0.3, -0.25) is 4.79 Å². The van der Waals surface area contributed by atoms with Crippen molar-refractivity contribution in [1.82, 2.24) is 0 Å². The number of fused-ring (bicyclic) bond motifs is 1. The molecule has 0 amide bonds. The van der Waals surface area contributed by atoms with Crippen LogP contribution < -0.4 is 9.47 Å². The molecule has 2 heterocycles. The predicted octanol–water partition coefficient (Wildman–Crippen LogP) is 8.27. The van der Waals surface area contributed by atoms with E-state index in [-0.39, 0.29) is 24.6 Å². The van der Waals surface area contributed by atoms with Crippen LogP contribution in [0.15, 0.2) is 140 Å². The molecular weight excluding hydrogens is 616 g/mol. The zero-order chi connectivity index (χ0) is 33.3. The molecule has 7 heteroatoms. The van der Waals surface area contributed by atoms with Crippen molar-refractivity contribution in [2.45, 2.75) is 63.4 Å². The number of benzene rings is 5. The molecule has 49 heavy (non-hydrogen) atoms. The maximum atomic E-state index is 13.1. The molecule has 1 saturated heterocycles. The van der Waals surface area contributed by atoms with Gasteiger partial charge < -0.3 is 28.4 Å². The van der Waals surface area contributed by atoms with Gasteiger partial charge in [0, 0.05) is 12.5 Å². The molecule has 7 nitrogen and oxygen atoms in total. The highest BCUT2D eigenvalue weighted by atomic mass is 16.7. The Balaban J connectivity index is 1.11. The molecule has 0 bridgehead atoms. The molecule has 0 aliphatic carbocycles. The van der Waals surface area contributed by atoms with Crippen molar-refractivity contribution in [2.75, 3.05) is 6.61 Å². The third-order valence-electron chi connectivity index (χ3n) is 8.80. The van der Waals surface area contributed by atoms with E-state index in [2.05, 4.69) is 0 Å². The van der Waals surface area contributed by atoms with Gasteiger partial charge in [0.25, 0.3) is 0 Å². The highest BCUT2D eigenvalue weighted by molar-refractivity contribution is 6.00. The molecule has 0 radical (unpaired) electrons. The number of hydrogen-bond acceptors (Lipinski definition) is 7. The second-order valence-electron chi connectivity index (χ2n) is 12.4. The number of Topliss-reactive ketones (excluding diaryl/α,β-unsaturated/α-hetero) is 1. The normalized spacial score (nSPS) is 21.8. The Bertz CT molecular complexity index is 1770. The van der Waals surface area contributed by atoms with Crippen LogP contribution >= 0.6 is 0 Å². The van der Waals surface area contributed by atoms with Crippen molar-refractivity contribution in [3.8, 4) is 11.5 Å². The summed E-state index contributed by atoms with van der Waals surface area (Å²) in [5.41, 5.74) is 4.71. The van der Waals surface area contributed by atoms with Gasteiger partial charge in [0.15, 0.2) is 5.78 Å². The van der Waals surface area contributed by atoms with E-state index in [4.69, 9.17) is 28.4 Å². The lowest BCUT2D eigenvalue weighted by molar-refractivity contribution is -0.257. The summed E-state index contributed by atoms with van der Waals surface area (Å²) >= 11 is 0. The Kier molecular flexibility index (Phi) is 10.7. The van der Waals surface area contributed by atoms with Gasteiger partial charge in [-0.25, -0.2) is 0 Å². The van der Waals surface area contributed by atoms with E-state index in [0.29, 0.717) is 49.7 Å². The van der Waals surface area contributed by atoms with Crippen molar-refractivity contribution in [3.63, 3.8) is 0 Å². The summed E-state index contributed by atoms with van der Waals surface area (Å²) in [7, 11) is 0. The smallest absolute Gasteiger partial charge is 0.202 e. The van der Waals surface area contributed by atoms with Gasteiger partial charge in [-0.1, -0.05) is 121 Å². The lowest BCUT2D eigenvalue weighted by Gasteiger charge is -2.41. The van der Waals surface area contributed by atoms with Crippen LogP contribution in [-0.2, 0) is 38.8 Å². The first-order chi connectivity index (χ1) is 24.2. The third kappa shape index (κ3) is 8.63. The van der Waals surface area contributed by atoms with Crippen LogP contribution in [0.3, 0.4) is 0 Å².